The lowest BCUT2D eigenvalue weighted by atomic mass is 9.95. The number of likely N-dealkylation sites (N-methyl/N-ethyl adjacent to an activating group) is 1. The zero-order chi connectivity index (χ0) is 22.5. The summed E-state index contributed by atoms with van der Waals surface area (Å²) in [6, 6.07) is 13.5. The van der Waals surface area contributed by atoms with Crippen LogP contribution in [0.3, 0.4) is 0 Å². The summed E-state index contributed by atoms with van der Waals surface area (Å²) in [4.78, 5) is 29.4. The first-order valence-corrected chi connectivity index (χ1v) is 10.7. The quantitative estimate of drug-likeness (QED) is 0.265. The largest absolute Gasteiger partial charge is 0.507 e. The molecule has 2 aromatic rings. The molecule has 6 nitrogen and oxygen atoms in total. The second-order valence-electron chi connectivity index (χ2n) is 7.47. The molecule has 0 radical (unpaired) electrons. The van der Waals surface area contributed by atoms with Gasteiger partial charge in [0.05, 0.1) is 11.6 Å². The first-order chi connectivity index (χ1) is 14.8. The van der Waals surface area contributed by atoms with Gasteiger partial charge in [0.2, 0.25) is 0 Å². The number of halogens is 1. The Bertz CT molecular complexity index is 1010. The highest BCUT2D eigenvalue weighted by Gasteiger charge is 2.46. The first-order valence-electron chi connectivity index (χ1n) is 9.86. The Morgan fingerprint density at radius 1 is 1.23 bits per heavy atom. The number of rotatable bonds is 8. The summed E-state index contributed by atoms with van der Waals surface area (Å²) in [6.07, 6.45) is 1.64. The number of benzene rings is 2. The van der Waals surface area contributed by atoms with E-state index in [0.29, 0.717) is 36.6 Å². The summed E-state index contributed by atoms with van der Waals surface area (Å²) < 4.78 is 6.48. The maximum Gasteiger partial charge on any atom is 0.295 e. The Hall–Kier alpha value is -2.90. The normalized spacial score (nSPS) is 17.9. The van der Waals surface area contributed by atoms with E-state index < -0.39 is 17.7 Å². The second-order valence-corrected chi connectivity index (χ2v) is 8.39. The van der Waals surface area contributed by atoms with Crippen molar-refractivity contribution in [1.29, 1.82) is 0 Å². The van der Waals surface area contributed by atoms with Gasteiger partial charge in [0.25, 0.3) is 11.7 Å². The summed E-state index contributed by atoms with van der Waals surface area (Å²) in [7, 11) is 3.80. The number of carbonyl (C=O) groups excluding carboxylic acids is 2. The molecule has 162 valence electrons. The Labute approximate surface area is 190 Å². The average Bonchev–Trinajstić information content (AvgIpc) is 3.01. The molecule has 31 heavy (non-hydrogen) atoms. The SMILES string of the molecule is C=CCOc1cccc([C@@H]2/C(=C(\O)c3ccc(Br)cc3)C(=O)C(=O)N2CCN(C)C)c1. The highest BCUT2D eigenvalue weighted by molar-refractivity contribution is 9.10. The molecule has 1 aliphatic heterocycles. The van der Waals surface area contributed by atoms with Gasteiger partial charge in [-0.05, 0) is 43.9 Å². The Morgan fingerprint density at radius 3 is 2.58 bits per heavy atom. The van der Waals surface area contributed by atoms with Crippen LogP contribution in [0.15, 0.2) is 71.2 Å². The van der Waals surface area contributed by atoms with Gasteiger partial charge in [0.15, 0.2) is 0 Å². The molecule has 0 saturated carbocycles. The average molecular weight is 485 g/mol. The van der Waals surface area contributed by atoms with Crippen molar-refractivity contribution in [2.24, 2.45) is 0 Å². The summed E-state index contributed by atoms with van der Waals surface area (Å²) in [5, 5.41) is 11.0. The minimum atomic E-state index is -0.712. The fourth-order valence-electron chi connectivity index (χ4n) is 3.46. The molecule has 0 unspecified atom stereocenters. The number of ether oxygens (including phenoxy) is 1. The number of carbonyl (C=O) groups is 2. The summed E-state index contributed by atoms with van der Waals surface area (Å²) in [5.74, 6) is -0.913. The molecule has 0 bridgehead atoms. The summed E-state index contributed by atoms with van der Waals surface area (Å²) in [6.45, 7) is 4.91. The highest BCUT2D eigenvalue weighted by Crippen LogP contribution is 2.40. The third-order valence-electron chi connectivity index (χ3n) is 4.99. The number of aliphatic hydroxyl groups excluding tert-OH is 1. The molecule has 1 heterocycles. The second kappa shape index (κ2) is 9.94. The van der Waals surface area contributed by atoms with Crippen LogP contribution in [0.2, 0.25) is 0 Å². The molecule has 0 aromatic heterocycles. The molecule has 3 rings (SSSR count). The zero-order valence-electron chi connectivity index (χ0n) is 17.5. The van der Waals surface area contributed by atoms with Crippen LogP contribution in [-0.4, -0.2) is 60.4 Å². The van der Waals surface area contributed by atoms with Crippen LogP contribution in [0, 0.1) is 0 Å². The van der Waals surface area contributed by atoms with E-state index in [1.165, 1.54) is 4.90 Å². The minimum Gasteiger partial charge on any atom is -0.507 e. The van der Waals surface area contributed by atoms with Gasteiger partial charge in [0, 0.05) is 23.1 Å². The van der Waals surface area contributed by atoms with Crippen LogP contribution >= 0.6 is 15.9 Å². The van der Waals surface area contributed by atoms with E-state index >= 15 is 0 Å². The van der Waals surface area contributed by atoms with Crippen molar-refractivity contribution in [3.8, 4) is 5.75 Å². The minimum absolute atomic E-state index is 0.0759. The molecule has 1 atom stereocenters. The number of hydrogen-bond donors (Lipinski definition) is 1. The lowest BCUT2D eigenvalue weighted by Gasteiger charge is -2.26. The van der Waals surface area contributed by atoms with Crippen LogP contribution in [0.4, 0.5) is 0 Å². The summed E-state index contributed by atoms with van der Waals surface area (Å²) in [5.41, 5.74) is 1.24. The van der Waals surface area contributed by atoms with Gasteiger partial charge in [-0.2, -0.15) is 0 Å². The van der Waals surface area contributed by atoms with Gasteiger partial charge in [0.1, 0.15) is 18.1 Å². The van der Waals surface area contributed by atoms with Crippen LogP contribution < -0.4 is 4.74 Å². The number of hydrogen-bond acceptors (Lipinski definition) is 5. The molecule has 1 fully saturated rings. The number of Topliss-reactive ketones (excluding diaryl/α,β-unsaturated/α-hetero) is 1. The van der Waals surface area contributed by atoms with Crippen molar-refractivity contribution in [3.05, 3.63) is 82.4 Å². The molecule has 0 aliphatic carbocycles. The van der Waals surface area contributed by atoms with Gasteiger partial charge >= 0.3 is 0 Å². The predicted octanol–water partition coefficient (Wildman–Crippen LogP) is 4.00. The lowest BCUT2D eigenvalue weighted by molar-refractivity contribution is -0.140. The van der Waals surface area contributed by atoms with E-state index in [0.717, 1.165) is 4.47 Å². The molecule has 7 heteroatoms. The van der Waals surface area contributed by atoms with E-state index in [-0.39, 0.29) is 11.3 Å². The summed E-state index contributed by atoms with van der Waals surface area (Å²) >= 11 is 3.37. The van der Waals surface area contributed by atoms with Crippen molar-refractivity contribution in [3.63, 3.8) is 0 Å². The standard InChI is InChI=1S/C24H25BrN2O4/c1-4-14-31-19-7-5-6-17(15-19)21-20(22(28)16-8-10-18(25)11-9-16)23(29)24(30)27(21)13-12-26(2)3/h4-11,15,21,28H,1,12-14H2,2-3H3/b22-20+/t21-/m1/s1. The van der Waals surface area contributed by atoms with Crippen molar-refractivity contribution in [2.45, 2.75) is 6.04 Å². The topological polar surface area (TPSA) is 70.1 Å². The number of ketones is 1. The van der Waals surface area contributed by atoms with Crippen molar-refractivity contribution in [1.82, 2.24) is 9.80 Å². The van der Waals surface area contributed by atoms with E-state index in [9.17, 15) is 14.7 Å². The molecule has 1 saturated heterocycles. The molecule has 2 aromatic carbocycles. The van der Waals surface area contributed by atoms with E-state index in [1.807, 2.05) is 25.1 Å². The van der Waals surface area contributed by atoms with Gasteiger partial charge in [-0.15, -0.1) is 0 Å². The number of aliphatic hydroxyl groups is 1. The van der Waals surface area contributed by atoms with Crippen molar-refractivity contribution in [2.75, 3.05) is 33.8 Å². The van der Waals surface area contributed by atoms with Gasteiger partial charge in [-0.25, -0.2) is 0 Å². The highest BCUT2D eigenvalue weighted by atomic mass is 79.9. The van der Waals surface area contributed by atoms with Crippen LogP contribution in [0.25, 0.3) is 5.76 Å². The van der Waals surface area contributed by atoms with Crippen molar-refractivity contribution < 1.29 is 19.4 Å². The van der Waals surface area contributed by atoms with E-state index in [1.54, 1.807) is 48.5 Å². The van der Waals surface area contributed by atoms with Crippen molar-refractivity contribution >= 4 is 33.4 Å². The fraction of sp³-hybridized carbons (Fsp3) is 0.250. The van der Waals surface area contributed by atoms with Gasteiger partial charge in [-0.3, -0.25) is 9.59 Å². The maximum absolute atomic E-state index is 13.0. The van der Waals surface area contributed by atoms with Crippen LogP contribution in [0.1, 0.15) is 17.2 Å². The lowest BCUT2D eigenvalue weighted by Crippen LogP contribution is -2.35. The smallest absolute Gasteiger partial charge is 0.295 e. The third kappa shape index (κ3) is 5.06. The van der Waals surface area contributed by atoms with Gasteiger partial charge < -0.3 is 19.6 Å². The molecular formula is C24H25BrN2O4. The third-order valence-corrected chi connectivity index (χ3v) is 5.52. The van der Waals surface area contributed by atoms with Gasteiger partial charge in [-0.1, -0.05) is 52.9 Å². The predicted molar refractivity (Wildman–Crippen MR) is 124 cm³/mol. The Kier molecular flexibility index (Phi) is 7.30. The monoisotopic (exact) mass is 484 g/mol. The Balaban J connectivity index is 2.12. The number of likely N-dealkylation sites (tertiary alicyclic amines) is 1. The molecule has 1 amide bonds. The molecular weight excluding hydrogens is 460 g/mol. The molecule has 0 spiro atoms. The van der Waals surface area contributed by atoms with Crippen LogP contribution in [0.5, 0.6) is 5.75 Å². The molecule has 1 N–H and O–H groups in total. The number of nitrogens with zero attached hydrogens (tertiary/aromatic N) is 2. The molecule has 1 aliphatic rings. The van der Waals surface area contributed by atoms with E-state index in [2.05, 4.69) is 22.5 Å². The first kappa shape index (κ1) is 22.8. The number of amides is 1. The zero-order valence-corrected chi connectivity index (χ0v) is 19.1. The Morgan fingerprint density at radius 2 is 1.94 bits per heavy atom. The van der Waals surface area contributed by atoms with E-state index in [4.69, 9.17) is 4.74 Å². The fourth-order valence-corrected chi connectivity index (χ4v) is 3.72. The maximum atomic E-state index is 13.0. The van der Waals surface area contributed by atoms with Crippen LogP contribution in [-0.2, 0) is 9.59 Å².